The van der Waals surface area contributed by atoms with E-state index in [0.29, 0.717) is 6.04 Å². The molecule has 0 saturated carbocycles. The summed E-state index contributed by atoms with van der Waals surface area (Å²) in [6, 6.07) is 0.467. The van der Waals surface area contributed by atoms with Gasteiger partial charge in [0.2, 0.25) is 0 Å². The number of fused-ring (bicyclic) bond motifs is 1. The first-order chi connectivity index (χ1) is 6.24. The number of nitrogens with one attached hydrogen (secondary N) is 1. The predicted molar refractivity (Wildman–Crippen MR) is 57.2 cm³/mol. The lowest BCUT2D eigenvalue weighted by Gasteiger charge is -2.08. The Balaban J connectivity index is 2.48. The molecule has 1 aliphatic rings. The molecule has 0 amide bonds. The maximum absolute atomic E-state index is 4.54. The van der Waals surface area contributed by atoms with Crippen LogP contribution in [0.15, 0.2) is 0 Å². The van der Waals surface area contributed by atoms with E-state index in [2.05, 4.69) is 28.9 Å². The molecule has 72 valence electrons. The average Bonchev–Trinajstić information content (AvgIpc) is 2.61. The maximum Gasteiger partial charge on any atom is 0.152 e. The van der Waals surface area contributed by atoms with Crippen molar-refractivity contribution < 1.29 is 0 Å². The lowest BCUT2D eigenvalue weighted by atomic mass is 10.2. The molecule has 0 unspecified atom stereocenters. The van der Waals surface area contributed by atoms with Crippen molar-refractivity contribution in [3.8, 4) is 0 Å². The Morgan fingerprint density at radius 3 is 2.85 bits per heavy atom. The number of thioether (sulfide) groups is 1. The van der Waals surface area contributed by atoms with Crippen LogP contribution < -0.4 is 5.32 Å². The van der Waals surface area contributed by atoms with Crippen molar-refractivity contribution in [1.29, 1.82) is 0 Å². The van der Waals surface area contributed by atoms with E-state index in [-0.39, 0.29) is 0 Å². The minimum Gasteiger partial charge on any atom is -0.371 e. The van der Waals surface area contributed by atoms with Gasteiger partial charge in [-0.2, -0.15) is 16.9 Å². The first kappa shape index (κ1) is 8.94. The highest BCUT2D eigenvalue weighted by Gasteiger charge is 2.22. The Bertz CT molecular complexity index is 317. The van der Waals surface area contributed by atoms with E-state index in [9.17, 15) is 0 Å². The Hall–Kier alpha value is -0.640. The maximum atomic E-state index is 4.54. The van der Waals surface area contributed by atoms with Crippen LogP contribution in [0, 0.1) is 0 Å². The van der Waals surface area contributed by atoms with Crippen molar-refractivity contribution in [3.05, 3.63) is 11.3 Å². The van der Waals surface area contributed by atoms with Crippen LogP contribution in [0.4, 0.5) is 5.82 Å². The quantitative estimate of drug-likeness (QED) is 0.788. The monoisotopic (exact) mass is 197 g/mol. The van der Waals surface area contributed by atoms with Crippen molar-refractivity contribution in [2.45, 2.75) is 31.4 Å². The summed E-state index contributed by atoms with van der Waals surface area (Å²) in [5.74, 6) is 3.29. The molecule has 3 nitrogen and oxygen atoms in total. The first-order valence-electron chi connectivity index (χ1n) is 4.59. The zero-order valence-electron chi connectivity index (χ0n) is 8.29. The Labute approximate surface area is 82.9 Å². The van der Waals surface area contributed by atoms with Crippen LogP contribution in [0.5, 0.6) is 0 Å². The minimum absolute atomic E-state index is 0.467. The summed E-state index contributed by atoms with van der Waals surface area (Å²) in [7, 11) is 1.94. The van der Waals surface area contributed by atoms with Gasteiger partial charge < -0.3 is 5.32 Å². The Morgan fingerprint density at radius 2 is 2.23 bits per heavy atom. The molecule has 13 heavy (non-hydrogen) atoms. The number of anilines is 1. The molecule has 1 aromatic rings. The molecule has 0 aliphatic carbocycles. The van der Waals surface area contributed by atoms with Crippen molar-refractivity contribution >= 4 is 17.6 Å². The van der Waals surface area contributed by atoms with Crippen LogP contribution in [0.3, 0.4) is 0 Å². The number of aromatic nitrogens is 2. The molecule has 0 fully saturated rings. The first-order valence-corrected chi connectivity index (χ1v) is 5.75. The number of hydrogen-bond acceptors (Lipinski definition) is 3. The van der Waals surface area contributed by atoms with Crippen molar-refractivity contribution in [3.63, 3.8) is 0 Å². The summed E-state index contributed by atoms with van der Waals surface area (Å²) in [4.78, 5) is 0. The molecule has 0 atom stereocenters. The lowest BCUT2D eigenvalue weighted by molar-refractivity contribution is 0.519. The van der Waals surface area contributed by atoms with Gasteiger partial charge in [-0.05, 0) is 13.8 Å². The second kappa shape index (κ2) is 3.25. The molecule has 0 aromatic carbocycles. The second-order valence-corrected chi connectivity index (χ2v) is 4.54. The van der Waals surface area contributed by atoms with E-state index in [1.165, 1.54) is 11.3 Å². The average molecular weight is 197 g/mol. The molecule has 0 spiro atoms. The largest absolute Gasteiger partial charge is 0.371 e. The summed E-state index contributed by atoms with van der Waals surface area (Å²) >= 11 is 1.97. The van der Waals surface area contributed by atoms with Crippen LogP contribution in [-0.4, -0.2) is 16.8 Å². The summed E-state index contributed by atoms with van der Waals surface area (Å²) in [5, 5.41) is 7.70. The normalized spacial score (nSPS) is 15.1. The standard InChI is InChI=1S/C9H15N3S/c1-6(2)12-8-5-13-4-7(8)9(10-3)11-12/h6H,4-5H2,1-3H3,(H,10,11). The van der Waals surface area contributed by atoms with Gasteiger partial charge >= 0.3 is 0 Å². The molecular formula is C9H15N3S. The molecule has 2 heterocycles. The summed E-state index contributed by atoms with van der Waals surface area (Å²) in [6.45, 7) is 4.35. The van der Waals surface area contributed by atoms with E-state index in [0.717, 1.165) is 17.3 Å². The molecule has 1 aromatic heterocycles. The third kappa shape index (κ3) is 1.33. The number of rotatable bonds is 2. The third-order valence-electron chi connectivity index (χ3n) is 2.33. The third-order valence-corrected chi connectivity index (χ3v) is 3.30. The van der Waals surface area contributed by atoms with Crippen LogP contribution in [-0.2, 0) is 11.5 Å². The van der Waals surface area contributed by atoms with Crippen molar-refractivity contribution in [2.24, 2.45) is 0 Å². The van der Waals surface area contributed by atoms with Crippen LogP contribution in [0.25, 0.3) is 0 Å². The molecule has 1 N–H and O–H groups in total. The SMILES string of the molecule is CNc1nn(C(C)C)c2c1CSC2. The van der Waals surface area contributed by atoms with Gasteiger partial charge in [-0.15, -0.1) is 0 Å². The van der Waals surface area contributed by atoms with Gasteiger partial charge in [0.1, 0.15) is 0 Å². The predicted octanol–water partition coefficient (Wildman–Crippen LogP) is 2.25. The highest BCUT2D eigenvalue weighted by atomic mass is 32.2. The Kier molecular flexibility index (Phi) is 2.24. The zero-order chi connectivity index (χ0) is 9.42. The number of hydrogen-bond donors (Lipinski definition) is 1. The Morgan fingerprint density at radius 1 is 1.46 bits per heavy atom. The smallest absolute Gasteiger partial charge is 0.152 e. The summed E-state index contributed by atoms with van der Waals surface area (Å²) < 4.78 is 2.14. The molecule has 1 aliphatic heterocycles. The molecule has 0 bridgehead atoms. The number of nitrogens with zero attached hydrogens (tertiary/aromatic N) is 2. The summed E-state index contributed by atoms with van der Waals surface area (Å²) in [6.07, 6.45) is 0. The van der Waals surface area contributed by atoms with Crippen LogP contribution in [0.1, 0.15) is 31.1 Å². The zero-order valence-corrected chi connectivity index (χ0v) is 9.11. The van der Waals surface area contributed by atoms with Crippen molar-refractivity contribution in [1.82, 2.24) is 9.78 Å². The van der Waals surface area contributed by atoms with Gasteiger partial charge in [0.25, 0.3) is 0 Å². The topological polar surface area (TPSA) is 29.9 Å². The second-order valence-electron chi connectivity index (χ2n) is 3.55. The fourth-order valence-corrected chi connectivity index (χ4v) is 2.80. The minimum atomic E-state index is 0.467. The fraction of sp³-hybridized carbons (Fsp3) is 0.667. The van der Waals surface area contributed by atoms with E-state index in [1.807, 2.05) is 18.8 Å². The molecule has 2 rings (SSSR count). The molecular weight excluding hydrogens is 182 g/mol. The van der Waals surface area contributed by atoms with E-state index < -0.39 is 0 Å². The van der Waals surface area contributed by atoms with Gasteiger partial charge in [0.05, 0.1) is 5.69 Å². The van der Waals surface area contributed by atoms with Gasteiger partial charge in [-0.1, -0.05) is 0 Å². The molecule has 4 heteroatoms. The van der Waals surface area contributed by atoms with E-state index in [1.54, 1.807) is 0 Å². The summed E-state index contributed by atoms with van der Waals surface area (Å²) in [5.41, 5.74) is 2.81. The highest BCUT2D eigenvalue weighted by molar-refractivity contribution is 7.98. The van der Waals surface area contributed by atoms with Gasteiger partial charge in [-0.25, -0.2) is 0 Å². The van der Waals surface area contributed by atoms with Gasteiger partial charge in [0.15, 0.2) is 5.82 Å². The highest BCUT2D eigenvalue weighted by Crippen LogP contribution is 2.35. The van der Waals surface area contributed by atoms with Gasteiger partial charge in [-0.3, -0.25) is 4.68 Å². The molecule has 0 radical (unpaired) electrons. The van der Waals surface area contributed by atoms with Crippen LogP contribution >= 0.6 is 11.8 Å². The van der Waals surface area contributed by atoms with E-state index >= 15 is 0 Å². The van der Waals surface area contributed by atoms with Crippen molar-refractivity contribution in [2.75, 3.05) is 12.4 Å². The fourth-order valence-electron chi connectivity index (χ4n) is 1.69. The van der Waals surface area contributed by atoms with E-state index in [4.69, 9.17) is 0 Å². The lowest BCUT2D eigenvalue weighted by Crippen LogP contribution is -2.06. The van der Waals surface area contributed by atoms with Gasteiger partial charge in [0, 0.05) is 30.2 Å². The van der Waals surface area contributed by atoms with Crippen LogP contribution in [0.2, 0.25) is 0 Å². The molecule has 0 saturated heterocycles.